The zero-order valence-corrected chi connectivity index (χ0v) is 17.4. The lowest BCUT2D eigenvalue weighted by Gasteiger charge is -2.26. The van der Waals surface area contributed by atoms with E-state index in [1.54, 1.807) is 0 Å². The molecule has 0 atom stereocenters. The number of aliphatic carboxylic acids is 2. The molecule has 6 heteroatoms. The van der Waals surface area contributed by atoms with E-state index in [4.69, 9.17) is 24.5 Å². The molecule has 0 aromatic heterocycles. The van der Waals surface area contributed by atoms with Crippen LogP contribution in [0.5, 0.6) is 5.75 Å². The van der Waals surface area contributed by atoms with Gasteiger partial charge in [-0.25, -0.2) is 9.59 Å². The predicted octanol–water partition coefficient (Wildman–Crippen LogP) is 4.22. The van der Waals surface area contributed by atoms with Crippen molar-refractivity contribution in [2.24, 2.45) is 5.92 Å². The molecule has 1 saturated heterocycles. The van der Waals surface area contributed by atoms with Crippen LogP contribution in [0.3, 0.4) is 0 Å². The summed E-state index contributed by atoms with van der Waals surface area (Å²) in [4.78, 5) is 20.7. The Hall–Kier alpha value is -2.08. The van der Waals surface area contributed by atoms with E-state index in [1.807, 2.05) is 0 Å². The van der Waals surface area contributed by atoms with Crippen LogP contribution in [0.15, 0.2) is 24.3 Å². The molecule has 1 aliphatic carbocycles. The Kier molecular flexibility index (Phi) is 10.6. The normalized spacial score (nSPS) is 17.8. The van der Waals surface area contributed by atoms with Crippen LogP contribution in [0.1, 0.15) is 63.4 Å². The van der Waals surface area contributed by atoms with Gasteiger partial charge in [0.2, 0.25) is 0 Å². The summed E-state index contributed by atoms with van der Waals surface area (Å²) in [6, 6.07) is 8.69. The van der Waals surface area contributed by atoms with E-state index < -0.39 is 11.9 Å². The molecule has 1 aromatic carbocycles. The number of hydrogen-bond acceptors (Lipinski definition) is 4. The standard InChI is InChI=1S/C21H33NO.C2H2O4/c1-3-9-19(10-4-1)13-14-20-11-5-6-12-21(20)23-18-17-22-15-7-2-8-16-22;3-1(4)2(5)6/h5-6,11-12,19H,1-4,7-10,13-18H2;(H,3,4)(H,5,6). The van der Waals surface area contributed by atoms with E-state index in [9.17, 15) is 0 Å². The van der Waals surface area contributed by atoms with Crippen molar-refractivity contribution in [2.75, 3.05) is 26.2 Å². The van der Waals surface area contributed by atoms with Gasteiger partial charge in [-0.3, -0.25) is 4.90 Å². The fourth-order valence-electron chi connectivity index (χ4n) is 4.15. The van der Waals surface area contributed by atoms with Gasteiger partial charge in [-0.1, -0.05) is 56.7 Å². The van der Waals surface area contributed by atoms with Gasteiger partial charge in [0, 0.05) is 6.54 Å². The lowest BCUT2D eigenvalue weighted by molar-refractivity contribution is -0.159. The number of piperidine rings is 1. The molecule has 3 rings (SSSR count). The summed E-state index contributed by atoms with van der Waals surface area (Å²) in [5.74, 6) is -1.57. The maximum Gasteiger partial charge on any atom is 0.414 e. The van der Waals surface area contributed by atoms with Crippen LogP contribution in [0, 0.1) is 5.92 Å². The molecule has 29 heavy (non-hydrogen) atoms. The number of carbonyl (C=O) groups is 2. The van der Waals surface area contributed by atoms with Crippen LogP contribution in [0.2, 0.25) is 0 Å². The Morgan fingerprint density at radius 1 is 0.931 bits per heavy atom. The maximum atomic E-state index is 9.10. The third kappa shape index (κ3) is 9.31. The molecule has 0 radical (unpaired) electrons. The molecule has 2 N–H and O–H groups in total. The van der Waals surface area contributed by atoms with Crippen LogP contribution in [0.25, 0.3) is 0 Å². The van der Waals surface area contributed by atoms with Crippen LogP contribution in [-0.2, 0) is 16.0 Å². The monoisotopic (exact) mass is 405 g/mol. The highest BCUT2D eigenvalue weighted by Gasteiger charge is 2.15. The predicted molar refractivity (Wildman–Crippen MR) is 112 cm³/mol. The highest BCUT2D eigenvalue weighted by atomic mass is 16.5. The zero-order valence-electron chi connectivity index (χ0n) is 17.4. The average Bonchev–Trinajstić information content (AvgIpc) is 2.75. The van der Waals surface area contributed by atoms with Crippen molar-refractivity contribution in [3.05, 3.63) is 29.8 Å². The van der Waals surface area contributed by atoms with Crippen LogP contribution in [-0.4, -0.2) is 53.3 Å². The summed E-state index contributed by atoms with van der Waals surface area (Å²) >= 11 is 0. The maximum absolute atomic E-state index is 9.10. The number of rotatable bonds is 7. The summed E-state index contributed by atoms with van der Waals surface area (Å²) in [6.07, 6.45) is 13.9. The second kappa shape index (κ2) is 13.2. The Morgan fingerprint density at radius 3 is 2.21 bits per heavy atom. The summed E-state index contributed by atoms with van der Waals surface area (Å²) in [7, 11) is 0. The van der Waals surface area contributed by atoms with Crippen molar-refractivity contribution in [3.63, 3.8) is 0 Å². The summed E-state index contributed by atoms with van der Waals surface area (Å²) < 4.78 is 6.14. The van der Waals surface area contributed by atoms with E-state index in [2.05, 4.69) is 29.2 Å². The molecule has 0 bridgehead atoms. The molecule has 0 amide bonds. The van der Waals surface area contributed by atoms with Crippen molar-refractivity contribution in [1.29, 1.82) is 0 Å². The van der Waals surface area contributed by atoms with Gasteiger partial charge in [-0.2, -0.15) is 0 Å². The smallest absolute Gasteiger partial charge is 0.414 e. The fraction of sp³-hybridized carbons (Fsp3) is 0.652. The van der Waals surface area contributed by atoms with Gasteiger partial charge in [0.15, 0.2) is 0 Å². The molecule has 0 unspecified atom stereocenters. The highest BCUT2D eigenvalue weighted by Crippen LogP contribution is 2.29. The molecule has 2 aliphatic rings. The van der Waals surface area contributed by atoms with Crippen molar-refractivity contribution in [1.82, 2.24) is 4.90 Å². The van der Waals surface area contributed by atoms with Crippen molar-refractivity contribution >= 4 is 11.9 Å². The van der Waals surface area contributed by atoms with E-state index >= 15 is 0 Å². The number of para-hydroxylation sites is 1. The number of likely N-dealkylation sites (tertiary alicyclic amines) is 1. The minimum absolute atomic E-state index is 0.834. The Labute approximate surface area is 173 Å². The SMILES string of the molecule is O=C(O)C(=O)O.c1ccc(OCCN2CCCCC2)c(CCC2CCCCC2)c1. The summed E-state index contributed by atoms with van der Waals surface area (Å²) in [6.45, 7) is 4.43. The van der Waals surface area contributed by atoms with Gasteiger partial charge in [0.1, 0.15) is 12.4 Å². The second-order valence-corrected chi connectivity index (χ2v) is 8.01. The van der Waals surface area contributed by atoms with Gasteiger partial charge >= 0.3 is 11.9 Å². The van der Waals surface area contributed by atoms with Crippen molar-refractivity contribution < 1.29 is 24.5 Å². The topological polar surface area (TPSA) is 87.1 Å². The number of carboxylic acid groups (broad SMARTS) is 2. The molecular formula is C23H35NO5. The first-order valence-electron chi connectivity index (χ1n) is 11.0. The van der Waals surface area contributed by atoms with Crippen molar-refractivity contribution in [3.8, 4) is 5.75 Å². The Morgan fingerprint density at radius 2 is 1.55 bits per heavy atom. The van der Waals surface area contributed by atoms with Gasteiger partial charge in [-0.05, 0) is 56.3 Å². The number of benzene rings is 1. The number of aryl methyl sites for hydroxylation is 1. The third-order valence-corrected chi connectivity index (χ3v) is 5.82. The van der Waals surface area contributed by atoms with Crippen molar-refractivity contribution in [2.45, 2.75) is 64.2 Å². The number of hydrogen-bond donors (Lipinski definition) is 2. The summed E-state index contributed by atoms with van der Waals surface area (Å²) in [5, 5.41) is 14.8. The third-order valence-electron chi connectivity index (χ3n) is 5.82. The number of nitrogens with zero attached hydrogens (tertiary/aromatic N) is 1. The highest BCUT2D eigenvalue weighted by molar-refractivity contribution is 6.27. The first kappa shape index (κ1) is 23.2. The Bertz CT molecular complexity index is 609. The first-order valence-corrected chi connectivity index (χ1v) is 11.0. The van der Waals surface area contributed by atoms with Crippen LogP contribution >= 0.6 is 0 Å². The van der Waals surface area contributed by atoms with Gasteiger partial charge in [-0.15, -0.1) is 0 Å². The molecule has 6 nitrogen and oxygen atoms in total. The largest absolute Gasteiger partial charge is 0.492 e. The fourth-order valence-corrected chi connectivity index (χ4v) is 4.15. The minimum atomic E-state index is -1.82. The summed E-state index contributed by atoms with van der Waals surface area (Å²) in [5.41, 5.74) is 1.41. The lowest BCUT2D eigenvalue weighted by Crippen LogP contribution is -2.33. The van der Waals surface area contributed by atoms with Gasteiger partial charge in [0.05, 0.1) is 0 Å². The molecule has 1 aliphatic heterocycles. The van der Waals surface area contributed by atoms with E-state index in [0.29, 0.717) is 0 Å². The van der Waals surface area contributed by atoms with Crippen LogP contribution < -0.4 is 4.74 Å². The molecule has 0 spiro atoms. The average molecular weight is 406 g/mol. The van der Waals surface area contributed by atoms with Crippen LogP contribution in [0.4, 0.5) is 0 Å². The number of ether oxygens (including phenoxy) is 1. The number of carboxylic acids is 2. The van der Waals surface area contributed by atoms with E-state index in [1.165, 1.54) is 82.9 Å². The molecular weight excluding hydrogens is 370 g/mol. The molecule has 1 saturated carbocycles. The Balaban J connectivity index is 0.000000438. The zero-order chi connectivity index (χ0) is 20.9. The van der Waals surface area contributed by atoms with Gasteiger partial charge in [0.25, 0.3) is 0 Å². The molecule has 2 fully saturated rings. The van der Waals surface area contributed by atoms with E-state index in [-0.39, 0.29) is 0 Å². The van der Waals surface area contributed by atoms with E-state index in [0.717, 1.165) is 24.8 Å². The lowest BCUT2D eigenvalue weighted by atomic mass is 9.85. The molecule has 162 valence electrons. The molecule has 1 heterocycles. The molecule has 1 aromatic rings. The minimum Gasteiger partial charge on any atom is -0.492 e. The first-order chi connectivity index (χ1) is 14.1. The second-order valence-electron chi connectivity index (χ2n) is 8.01. The quantitative estimate of drug-likeness (QED) is 0.661. The van der Waals surface area contributed by atoms with Gasteiger partial charge < -0.3 is 14.9 Å².